The topological polar surface area (TPSA) is 111 Å². The fourth-order valence-corrected chi connectivity index (χ4v) is 2.41. The first-order valence-corrected chi connectivity index (χ1v) is 7.84. The van der Waals surface area contributed by atoms with Gasteiger partial charge >= 0.3 is 0 Å². The number of rotatable bonds is 6. The van der Waals surface area contributed by atoms with Crippen molar-refractivity contribution in [1.29, 1.82) is 0 Å². The second-order valence-electron chi connectivity index (χ2n) is 5.97. The van der Waals surface area contributed by atoms with Crippen molar-refractivity contribution < 1.29 is 9.53 Å². The number of carbonyl (C=O) groups is 1. The number of amides is 1. The van der Waals surface area contributed by atoms with Crippen molar-refractivity contribution in [3.05, 3.63) is 42.0 Å². The van der Waals surface area contributed by atoms with Crippen LogP contribution in [0.15, 0.2) is 30.6 Å². The van der Waals surface area contributed by atoms with Crippen molar-refractivity contribution in [2.24, 2.45) is 5.92 Å². The molecule has 2 heterocycles. The van der Waals surface area contributed by atoms with E-state index in [-0.39, 0.29) is 5.91 Å². The maximum atomic E-state index is 12.4. The highest BCUT2D eigenvalue weighted by Gasteiger charge is 2.14. The quantitative estimate of drug-likeness (QED) is 0.708. The normalized spacial score (nSPS) is 10.9. The SMILES string of the molecule is COc1cc(-n2cnnn2)ccc1NC(=O)c1cc(CC(C)C)[nH]n1. The van der Waals surface area contributed by atoms with E-state index in [4.69, 9.17) is 4.74 Å². The van der Waals surface area contributed by atoms with Crippen LogP contribution in [0.1, 0.15) is 30.0 Å². The number of nitrogens with zero attached hydrogens (tertiary/aromatic N) is 5. The van der Waals surface area contributed by atoms with Crippen LogP contribution in [0.5, 0.6) is 5.75 Å². The number of methoxy groups -OCH3 is 1. The Morgan fingerprint density at radius 2 is 2.20 bits per heavy atom. The second-order valence-corrected chi connectivity index (χ2v) is 5.97. The van der Waals surface area contributed by atoms with Crippen molar-refractivity contribution in [2.45, 2.75) is 20.3 Å². The molecule has 0 saturated carbocycles. The Balaban J connectivity index is 1.77. The number of hydrogen-bond donors (Lipinski definition) is 2. The molecule has 0 unspecified atom stereocenters. The fraction of sp³-hybridized carbons (Fsp3) is 0.312. The minimum Gasteiger partial charge on any atom is -0.494 e. The lowest BCUT2D eigenvalue weighted by molar-refractivity contribution is 0.102. The molecule has 25 heavy (non-hydrogen) atoms. The highest BCUT2D eigenvalue weighted by molar-refractivity contribution is 6.03. The van der Waals surface area contributed by atoms with Gasteiger partial charge < -0.3 is 10.1 Å². The van der Waals surface area contributed by atoms with Crippen LogP contribution in [0.2, 0.25) is 0 Å². The smallest absolute Gasteiger partial charge is 0.276 e. The minimum absolute atomic E-state index is 0.306. The fourth-order valence-electron chi connectivity index (χ4n) is 2.41. The van der Waals surface area contributed by atoms with E-state index in [1.54, 1.807) is 24.3 Å². The molecule has 0 aliphatic carbocycles. The third kappa shape index (κ3) is 3.82. The van der Waals surface area contributed by atoms with E-state index in [1.807, 2.05) is 0 Å². The number of aromatic nitrogens is 6. The zero-order chi connectivity index (χ0) is 17.8. The van der Waals surface area contributed by atoms with Crippen LogP contribution in [0, 0.1) is 5.92 Å². The van der Waals surface area contributed by atoms with Crippen molar-refractivity contribution in [3.8, 4) is 11.4 Å². The number of ether oxygens (including phenoxy) is 1. The number of nitrogens with one attached hydrogen (secondary N) is 2. The zero-order valence-corrected chi connectivity index (χ0v) is 14.2. The number of hydrogen-bond acceptors (Lipinski definition) is 6. The number of aromatic amines is 1. The van der Waals surface area contributed by atoms with E-state index in [1.165, 1.54) is 18.1 Å². The van der Waals surface area contributed by atoms with Gasteiger partial charge in [-0.2, -0.15) is 5.10 Å². The van der Waals surface area contributed by atoms with Crippen molar-refractivity contribution in [3.63, 3.8) is 0 Å². The van der Waals surface area contributed by atoms with Crippen LogP contribution in [0.4, 0.5) is 5.69 Å². The first-order chi connectivity index (χ1) is 12.1. The summed E-state index contributed by atoms with van der Waals surface area (Å²) in [6.07, 6.45) is 2.32. The molecule has 0 aliphatic heterocycles. The van der Waals surface area contributed by atoms with Gasteiger partial charge in [-0.1, -0.05) is 13.8 Å². The van der Waals surface area contributed by atoms with Gasteiger partial charge in [-0.25, -0.2) is 4.68 Å². The Labute approximate surface area is 144 Å². The molecule has 2 N–H and O–H groups in total. The predicted molar refractivity (Wildman–Crippen MR) is 90.8 cm³/mol. The summed E-state index contributed by atoms with van der Waals surface area (Å²) in [6, 6.07) is 7.01. The van der Waals surface area contributed by atoms with Gasteiger partial charge in [0, 0.05) is 11.8 Å². The van der Waals surface area contributed by atoms with Crippen molar-refractivity contribution in [1.82, 2.24) is 30.4 Å². The first-order valence-electron chi connectivity index (χ1n) is 7.84. The number of benzene rings is 1. The third-order valence-corrected chi connectivity index (χ3v) is 3.54. The summed E-state index contributed by atoms with van der Waals surface area (Å²) >= 11 is 0. The predicted octanol–water partition coefficient (Wildman–Crippen LogP) is 1.84. The summed E-state index contributed by atoms with van der Waals surface area (Å²) in [5, 5.41) is 20.8. The standard InChI is InChI=1S/C16H19N7O2/c1-10(2)6-11-7-14(20-19-11)16(24)18-13-5-4-12(8-15(13)25-3)23-9-17-21-22-23/h4-5,7-10H,6H2,1-3H3,(H,18,24)(H,19,20). The average molecular weight is 341 g/mol. The lowest BCUT2D eigenvalue weighted by Crippen LogP contribution is -2.13. The number of H-pyrrole nitrogens is 1. The molecular formula is C16H19N7O2. The van der Waals surface area contributed by atoms with E-state index in [0.717, 1.165) is 17.8 Å². The summed E-state index contributed by atoms with van der Waals surface area (Å²) in [4.78, 5) is 12.4. The first kappa shape index (κ1) is 16.6. The molecule has 3 rings (SSSR count). The molecule has 130 valence electrons. The molecule has 9 nitrogen and oxygen atoms in total. The Morgan fingerprint density at radius 1 is 1.36 bits per heavy atom. The van der Waals surface area contributed by atoms with Crippen LogP contribution in [-0.2, 0) is 6.42 Å². The van der Waals surface area contributed by atoms with Gasteiger partial charge in [-0.05, 0) is 41.0 Å². The van der Waals surface area contributed by atoms with Gasteiger partial charge in [0.25, 0.3) is 5.91 Å². The van der Waals surface area contributed by atoms with Crippen LogP contribution in [-0.4, -0.2) is 43.4 Å². The van der Waals surface area contributed by atoms with Crippen LogP contribution >= 0.6 is 0 Å². The second kappa shape index (κ2) is 7.12. The van der Waals surface area contributed by atoms with Gasteiger partial charge in [0.05, 0.1) is 18.5 Å². The highest BCUT2D eigenvalue weighted by atomic mass is 16.5. The minimum atomic E-state index is -0.306. The molecule has 2 aromatic heterocycles. The monoisotopic (exact) mass is 341 g/mol. The summed E-state index contributed by atoms with van der Waals surface area (Å²) < 4.78 is 6.85. The molecule has 0 radical (unpaired) electrons. The summed E-state index contributed by atoms with van der Waals surface area (Å²) in [7, 11) is 1.53. The summed E-state index contributed by atoms with van der Waals surface area (Å²) in [5.74, 6) is 0.675. The van der Waals surface area contributed by atoms with Crippen LogP contribution in [0.3, 0.4) is 0 Å². The molecule has 0 saturated heterocycles. The summed E-state index contributed by atoms with van der Waals surface area (Å²) in [6.45, 7) is 4.22. The lowest BCUT2D eigenvalue weighted by atomic mass is 10.1. The van der Waals surface area contributed by atoms with E-state index in [2.05, 4.69) is 44.9 Å². The van der Waals surface area contributed by atoms with Gasteiger partial charge in [-0.3, -0.25) is 9.89 Å². The molecular weight excluding hydrogens is 322 g/mol. The molecule has 0 bridgehead atoms. The van der Waals surface area contributed by atoms with Crippen molar-refractivity contribution >= 4 is 11.6 Å². The van der Waals surface area contributed by atoms with Gasteiger partial charge in [0.15, 0.2) is 5.69 Å². The van der Waals surface area contributed by atoms with Crippen LogP contribution in [0.25, 0.3) is 5.69 Å². The number of anilines is 1. The molecule has 0 fully saturated rings. The molecule has 0 aliphatic rings. The third-order valence-electron chi connectivity index (χ3n) is 3.54. The molecule has 0 atom stereocenters. The van der Waals surface area contributed by atoms with Gasteiger partial charge in [0.1, 0.15) is 12.1 Å². The molecule has 0 spiro atoms. The van der Waals surface area contributed by atoms with E-state index in [9.17, 15) is 4.79 Å². The van der Waals surface area contributed by atoms with Crippen molar-refractivity contribution in [2.75, 3.05) is 12.4 Å². The molecule has 9 heteroatoms. The Bertz CT molecular complexity index is 855. The molecule has 1 amide bonds. The zero-order valence-electron chi connectivity index (χ0n) is 14.2. The Morgan fingerprint density at radius 3 is 2.88 bits per heavy atom. The van der Waals surface area contributed by atoms with E-state index >= 15 is 0 Å². The number of tetrazole rings is 1. The Hall–Kier alpha value is -3.23. The maximum absolute atomic E-state index is 12.4. The summed E-state index contributed by atoms with van der Waals surface area (Å²) in [5.41, 5.74) is 2.53. The largest absolute Gasteiger partial charge is 0.494 e. The van der Waals surface area contributed by atoms with E-state index < -0.39 is 0 Å². The average Bonchev–Trinajstić information content (AvgIpc) is 3.26. The van der Waals surface area contributed by atoms with E-state index in [0.29, 0.717) is 23.0 Å². The maximum Gasteiger partial charge on any atom is 0.276 e. The van der Waals surface area contributed by atoms with Crippen LogP contribution < -0.4 is 10.1 Å². The Kier molecular flexibility index (Phi) is 4.73. The van der Waals surface area contributed by atoms with Gasteiger partial charge in [0.2, 0.25) is 0 Å². The van der Waals surface area contributed by atoms with Gasteiger partial charge in [-0.15, -0.1) is 5.10 Å². The lowest BCUT2D eigenvalue weighted by Gasteiger charge is -2.11. The highest BCUT2D eigenvalue weighted by Crippen LogP contribution is 2.27. The molecule has 1 aromatic carbocycles. The number of carbonyl (C=O) groups excluding carboxylic acids is 1. The molecule has 3 aromatic rings.